The number of ether oxygens (including phenoxy) is 3. The molecule has 2 saturated carbocycles. The van der Waals surface area contributed by atoms with Gasteiger partial charge in [-0.1, -0.05) is 60.7 Å². The number of alkyl carbamates (subject to hydrolysis) is 2. The smallest absolute Gasteiger partial charge is 0.408 e. The number of likely N-dealkylation sites (tertiary alicyclic amines) is 2. The maximum atomic E-state index is 12.6. The van der Waals surface area contributed by atoms with Gasteiger partial charge in [-0.05, 0) is 85.3 Å². The van der Waals surface area contributed by atoms with E-state index in [0.717, 1.165) is 58.4 Å². The molecule has 4 fully saturated rings. The first-order valence-electron chi connectivity index (χ1n) is 19.4. The van der Waals surface area contributed by atoms with Gasteiger partial charge in [0.2, 0.25) is 0 Å². The Hall–Kier alpha value is -3.67. The Labute approximate surface area is 316 Å². The molecule has 0 radical (unpaired) electrons. The number of rotatable bonds is 11. The number of nitrogens with one attached hydrogen (secondary N) is 2. The topological polar surface area (TPSA) is 130 Å². The molecule has 2 heterocycles. The van der Waals surface area contributed by atoms with E-state index in [9.17, 15) is 19.5 Å². The van der Waals surface area contributed by atoms with Gasteiger partial charge in [-0.3, -0.25) is 14.6 Å². The van der Waals surface area contributed by atoms with E-state index >= 15 is 0 Å². The van der Waals surface area contributed by atoms with Crippen LogP contribution < -0.4 is 10.6 Å². The number of hydrogen-bond acceptors (Lipinski definition) is 9. The van der Waals surface area contributed by atoms with Gasteiger partial charge < -0.3 is 30.0 Å². The Balaban J connectivity index is 0.000000206. The summed E-state index contributed by atoms with van der Waals surface area (Å²) in [5.74, 6) is 0.0964. The Kier molecular flexibility index (Phi) is 12.8. The molecule has 4 unspecified atom stereocenters. The molecule has 2 aliphatic heterocycles. The Morgan fingerprint density at radius 3 is 1.55 bits per heavy atom. The minimum absolute atomic E-state index is 0.0304. The second kappa shape index (κ2) is 16.8. The fraction of sp³-hybridized carbons (Fsp3) is 0.643. The number of nitrogens with zero attached hydrogens (tertiary/aromatic N) is 2. The molecule has 6 rings (SSSR count). The molecule has 2 aliphatic carbocycles. The highest BCUT2D eigenvalue weighted by Crippen LogP contribution is 2.50. The first-order chi connectivity index (χ1) is 25.0. The molecule has 292 valence electrons. The van der Waals surface area contributed by atoms with Crippen LogP contribution in [-0.4, -0.2) is 94.7 Å². The van der Waals surface area contributed by atoms with E-state index in [1.807, 2.05) is 72.7 Å². The quantitative estimate of drug-likeness (QED) is 0.184. The number of carbonyl (C=O) groups excluding carboxylic acids is 3. The molecule has 0 aromatic heterocycles. The highest BCUT2D eigenvalue weighted by molar-refractivity contribution is 5.75. The van der Waals surface area contributed by atoms with Gasteiger partial charge in [0, 0.05) is 74.7 Å². The lowest BCUT2D eigenvalue weighted by molar-refractivity contribution is -0.149. The monoisotopic (exact) mass is 734 g/mol. The van der Waals surface area contributed by atoms with Crippen LogP contribution >= 0.6 is 0 Å². The van der Waals surface area contributed by atoms with Gasteiger partial charge in [0.05, 0.1) is 12.5 Å². The van der Waals surface area contributed by atoms with Gasteiger partial charge in [0.15, 0.2) is 0 Å². The minimum Gasteiger partial charge on any atom is -0.466 e. The van der Waals surface area contributed by atoms with Gasteiger partial charge in [-0.15, -0.1) is 0 Å². The Morgan fingerprint density at radius 1 is 0.698 bits per heavy atom. The fourth-order valence-electron chi connectivity index (χ4n) is 8.11. The lowest BCUT2D eigenvalue weighted by atomic mass is 9.87. The normalized spacial score (nSPS) is 24.7. The van der Waals surface area contributed by atoms with Crippen LogP contribution in [0.5, 0.6) is 0 Å². The number of amides is 2. The third-order valence-electron chi connectivity index (χ3n) is 10.7. The first kappa shape index (κ1) is 40.5. The minimum atomic E-state index is -0.546. The molecule has 2 saturated heterocycles. The van der Waals surface area contributed by atoms with Crippen molar-refractivity contribution < 1.29 is 33.7 Å². The fourth-order valence-corrected chi connectivity index (χ4v) is 8.11. The summed E-state index contributed by atoms with van der Waals surface area (Å²) in [6.45, 7) is 18.4. The van der Waals surface area contributed by atoms with Gasteiger partial charge in [-0.2, -0.15) is 0 Å². The van der Waals surface area contributed by atoms with Crippen molar-refractivity contribution in [3.63, 3.8) is 0 Å². The van der Waals surface area contributed by atoms with Gasteiger partial charge in [-0.25, -0.2) is 9.59 Å². The molecule has 3 N–H and O–H groups in total. The number of carbonyl (C=O) groups is 3. The van der Waals surface area contributed by atoms with E-state index in [0.29, 0.717) is 13.2 Å². The standard InChI is InChI=1S/C22H32N2O4.C20H30N2O3/c1-5-27-19(25)17-14-24(13-16-9-7-6-8-10-16)15-18(17)22(11-12-22)23-20(26)28-21(2,3)4;1-19(2,3)25-18(24)21-20(9-10-20)17-13-22(12-16(17)14-23)11-15-7-5-4-6-8-15/h6-10,17-18H,5,11-15H2,1-4H3,(H,23,26);4-8,16-17,23H,9-14H2,1-3H3,(H,21,24). The van der Waals surface area contributed by atoms with Crippen molar-refractivity contribution in [1.82, 2.24) is 20.4 Å². The van der Waals surface area contributed by atoms with Crippen molar-refractivity contribution >= 4 is 18.2 Å². The predicted molar refractivity (Wildman–Crippen MR) is 204 cm³/mol. The van der Waals surface area contributed by atoms with E-state index in [1.165, 1.54) is 11.1 Å². The second-order valence-corrected chi connectivity index (χ2v) is 17.4. The van der Waals surface area contributed by atoms with Crippen molar-refractivity contribution in [3.05, 3.63) is 71.8 Å². The molecule has 11 nitrogen and oxygen atoms in total. The van der Waals surface area contributed by atoms with E-state index in [2.05, 4.69) is 56.8 Å². The van der Waals surface area contributed by atoms with Crippen LogP contribution in [0.1, 0.15) is 85.3 Å². The lowest BCUT2D eigenvalue weighted by Crippen LogP contribution is -2.48. The molecular weight excluding hydrogens is 672 g/mol. The van der Waals surface area contributed by atoms with Crippen LogP contribution in [0.25, 0.3) is 0 Å². The van der Waals surface area contributed by atoms with Crippen LogP contribution in [0.2, 0.25) is 0 Å². The average Bonchev–Trinajstić information content (AvgIpc) is 3.94. The molecule has 11 heteroatoms. The largest absolute Gasteiger partial charge is 0.466 e. The summed E-state index contributed by atoms with van der Waals surface area (Å²) >= 11 is 0. The van der Waals surface area contributed by atoms with E-state index in [1.54, 1.807) is 0 Å². The van der Waals surface area contributed by atoms with Crippen molar-refractivity contribution in [2.75, 3.05) is 39.4 Å². The second-order valence-electron chi connectivity index (χ2n) is 17.4. The summed E-state index contributed by atoms with van der Waals surface area (Å²) < 4.78 is 16.3. The van der Waals surface area contributed by atoms with Crippen molar-refractivity contribution in [2.24, 2.45) is 23.7 Å². The number of benzene rings is 2. The predicted octanol–water partition coefficient (Wildman–Crippen LogP) is 6.14. The molecule has 0 bridgehead atoms. The summed E-state index contributed by atoms with van der Waals surface area (Å²) in [5.41, 5.74) is 0.883. The average molecular weight is 735 g/mol. The molecule has 2 aromatic rings. The van der Waals surface area contributed by atoms with Crippen LogP contribution in [0.3, 0.4) is 0 Å². The highest BCUT2D eigenvalue weighted by atomic mass is 16.6. The third-order valence-corrected chi connectivity index (χ3v) is 10.7. The zero-order valence-corrected chi connectivity index (χ0v) is 32.9. The third kappa shape index (κ3) is 11.4. The van der Waals surface area contributed by atoms with Crippen molar-refractivity contribution in [3.8, 4) is 0 Å². The molecule has 2 amide bonds. The molecule has 4 aliphatic rings. The zero-order chi connectivity index (χ0) is 38.4. The summed E-state index contributed by atoms with van der Waals surface area (Å²) in [6, 6.07) is 20.6. The van der Waals surface area contributed by atoms with E-state index in [4.69, 9.17) is 14.2 Å². The molecule has 53 heavy (non-hydrogen) atoms. The summed E-state index contributed by atoms with van der Waals surface area (Å²) in [6.07, 6.45) is 2.91. The number of esters is 1. The van der Waals surface area contributed by atoms with Gasteiger partial charge in [0.1, 0.15) is 11.2 Å². The Bertz CT molecular complexity index is 1520. The van der Waals surface area contributed by atoms with Crippen LogP contribution in [0.15, 0.2) is 60.7 Å². The van der Waals surface area contributed by atoms with Crippen molar-refractivity contribution in [2.45, 2.75) is 110 Å². The summed E-state index contributed by atoms with van der Waals surface area (Å²) in [7, 11) is 0. The SMILES string of the molecule is CC(C)(C)OC(=O)NC1(C2CN(Cc3ccccc3)CC2CO)CC1.CCOC(=O)C1CN(Cc2ccccc2)CC1C1(NC(=O)OC(C)(C)C)CC1. The molecular formula is C42H62N4O7. The number of aliphatic hydroxyl groups excluding tert-OH is 1. The summed E-state index contributed by atoms with van der Waals surface area (Å²) in [5, 5.41) is 16.1. The molecule has 0 spiro atoms. The van der Waals surface area contributed by atoms with Gasteiger partial charge in [0.25, 0.3) is 0 Å². The highest BCUT2D eigenvalue weighted by Gasteiger charge is 2.58. The number of hydrogen-bond donors (Lipinski definition) is 3. The van der Waals surface area contributed by atoms with Crippen LogP contribution in [0, 0.1) is 23.7 Å². The number of aliphatic hydroxyl groups is 1. The Morgan fingerprint density at radius 2 is 1.13 bits per heavy atom. The summed E-state index contributed by atoms with van der Waals surface area (Å²) in [4.78, 5) is 41.9. The van der Waals surface area contributed by atoms with Gasteiger partial charge >= 0.3 is 18.2 Å². The van der Waals surface area contributed by atoms with Crippen LogP contribution in [0.4, 0.5) is 9.59 Å². The van der Waals surface area contributed by atoms with Crippen LogP contribution in [-0.2, 0) is 32.1 Å². The van der Waals surface area contributed by atoms with E-state index < -0.39 is 17.3 Å². The van der Waals surface area contributed by atoms with E-state index in [-0.39, 0.29) is 53.4 Å². The lowest BCUT2D eigenvalue weighted by Gasteiger charge is -2.29. The first-order valence-corrected chi connectivity index (χ1v) is 19.4. The zero-order valence-electron chi connectivity index (χ0n) is 32.9. The maximum absolute atomic E-state index is 12.6. The molecule has 4 atom stereocenters. The maximum Gasteiger partial charge on any atom is 0.408 e. The van der Waals surface area contributed by atoms with Crippen molar-refractivity contribution in [1.29, 1.82) is 0 Å². The molecule has 2 aromatic carbocycles.